The minimum absolute atomic E-state index is 0.0285. The molecule has 6 nitrogen and oxygen atoms in total. The van der Waals surface area contributed by atoms with Gasteiger partial charge in [-0.2, -0.15) is 0 Å². The lowest BCUT2D eigenvalue weighted by atomic mass is 9.86. The zero-order valence-corrected chi connectivity index (χ0v) is 28.4. The van der Waals surface area contributed by atoms with Crippen LogP contribution in [0.5, 0.6) is 11.5 Å². The van der Waals surface area contributed by atoms with E-state index in [1.165, 1.54) is 5.56 Å². The van der Waals surface area contributed by atoms with Crippen LogP contribution in [-0.4, -0.2) is 20.5 Å². The van der Waals surface area contributed by atoms with Crippen LogP contribution in [0.25, 0.3) is 27.6 Å². The summed E-state index contributed by atoms with van der Waals surface area (Å²) >= 11 is 0. The number of benzene rings is 4. The molecule has 7 aromatic rings. The van der Waals surface area contributed by atoms with Gasteiger partial charge in [0.25, 0.3) is 11.4 Å². The van der Waals surface area contributed by atoms with Crippen molar-refractivity contribution in [3.8, 4) is 17.3 Å². The van der Waals surface area contributed by atoms with E-state index >= 15 is 0 Å². The summed E-state index contributed by atoms with van der Waals surface area (Å²) in [6.07, 6.45) is 5.53. The minimum atomic E-state index is -0.442. The molecule has 4 heterocycles. The maximum atomic E-state index is 8.69. The van der Waals surface area contributed by atoms with Crippen LogP contribution in [0, 0.1) is 0 Å². The average Bonchev–Trinajstić information content (AvgIpc) is 3.68. The zero-order valence-electron chi connectivity index (χ0n) is 33.4. The Morgan fingerprint density at radius 1 is 0.673 bits per heavy atom. The fourth-order valence-electron chi connectivity index (χ4n) is 6.28. The van der Waals surface area contributed by atoms with E-state index in [-0.39, 0.29) is 28.6 Å². The predicted molar refractivity (Wildman–Crippen MR) is 201 cm³/mol. The Morgan fingerprint density at radius 2 is 1.39 bits per heavy atom. The molecule has 0 saturated carbocycles. The van der Waals surface area contributed by atoms with Gasteiger partial charge in [-0.1, -0.05) is 71.8 Å². The number of rotatable bonds is 5. The van der Waals surface area contributed by atoms with Crippen molar-refractivity contribution >= 4 is 50.6 Å². The number of hydrogen-bond donors (Lipinski definition) is 0. The first-order valence-corrected chi connectivity index (χ1v) is 16.3. The van der Waals surface area contributed by atoms with Gasteiger partial charge in [-0.05, 0) is 67.5 Å². The van der Waals surface area contributed by atoms with E-state index in [0.29, 0.717) is 17.2 Å². The predicted octanol–water partition coefficient (Wildman–Crippen LogP) is 10.8. The molecule has 0 radical (unpaired) electrons. The van der Waals surface area contributed by atoms with Gasteiger partial charge in [0.05, 0.1) is 30.2 Å². The van der Waals surface area contributed by atoms with Gasteiger partial charge < -0.3 is 4.74 Å². The van der Waals surface area contributed by atoms with Crippen molar-refractivity contribution in [1.29, 1.82) is 0 Å². The first-order valence-electron chi connectivity index (χ1n) is 18.8. The molecule has 0 unspecified atom stereocenters. The van der Waals surface area contributed by atoms with Gasteiger partial charge in [0.15, 0.2) is 0 Å². The smallest absolute Gasteiger partial charge is 0.457 e. The Bertz CT molecular complexity index is 2740. The maximum absolute atomic E-state index is 8.69. The van der Waals surface area contributed by atoms with E-state index in [0.717, 1.165) is 44.6 Å². The van der Waals surface area contributed by atoms with Crippen molar-refractivity contribution in [2.75, 3.05) is 0 Å². The van der Waals surface area contributed by atoms with Gasteiger partial charge in [-0.3, -0.25) is 9.55 Å². The molecule has 0 atom stereocenters. The van der Waals surface area contributed by atoms with Crippen LogP contribution in [0.4, 0.5) is 22.7 Å². The lowest BCUT2D eigenvalue weighted by Crippen LogP contribution is -2.12. The first-order chi connectivity index (χ1) is 25.6. The van der Waals surface area contributed by atoms with E-state index < -0.39 is 18.1 Å². The summed E-state index contributed by atoms with van der Waals surface area (Å²) in [5, 5.41) is 2.12. The summed E-state index contributed by atoms with van der Waals surface area (Å²) < 4.78 is 54.4. The number of pyridine rings is 2. The largest absolute Gasteiger partial charge is 0.503 e. The summed E-state index contributed by atoms with van der Waals surface area (Å²) in [4.78, 5) is 9.26. The molecule has 8 rings (SSSR count). The molecule has 240 valence electrons. The van der Waals surface area contributed by atoms with E-state index in [1.807, 2.05) is 71.6 Å². The van der Waals surface area contributed by atoms with Gasteiger partial charge in [0.1, 0.15) is 17.3 Å². The summed E-state index contributed by atoms with van der Waals surface area (Å²) in [5.74, 6) is 2.04. The number of aromatic nitrogens is 3. The topological polar surface area (TPSA) is 46.0 Å². The Labute approximate surface area is 294 Å². The lowest BCUT2D eigenvalue weighted by molar-refractivity contribution is 0.479. The van der Waals surface area contributed by atoms with E-state index in [4.69, 9.17) is 16.6 Å². The fourth-order valence-corrected chi connectivity index (χ4v) is 6.28. The third-order valence-corrected chi connectivity index (χ3v) is 8.91. The molecule has 1 aliphatic heterocycles. The van der Waals surface area contributed by atoms with Crippen LogP contribution in [0.15, 0.2) is 128 Å². The normalized spacial score (nSPS) is 14.4. The average molecular weight is 647 g/mol. The van der Waals surface area contributed by atoms with Crippen LogP contribution in [-0.2, 0) is 10.8 Å². The molecular formula is C43H39N5O+2. The molecule has 0 aliphatic carbocycles. The van der Waals surface area contributed by atoms with E-state index in [2.05, 4.69) is 81.4 Å². The Morgan fingerprint density at radius 3 is 2.12 bits per heavy atom. The van der Waals surface area contributed by atoms with Crippen LogP contribution in [0.3, 0.4) is 0 Å². The molecule has 4 aromatic carbocycles. The van der Waals surface area contributed by atoms with Crippen molar-refractivity contribution in [3.63, 3.8) is 0 Å². The third-order valence-electron chi connectivity index (χ3n) is 8.91. The lowest BCUT2D eigenvalue weighted by Gasteiger charge is -2.20. The number of fused-ring (bicyclic) bond motifs is 4. The second kappa shape index (κ2) is 11.4. The van der Waals surface area contributed by atoms with Gasteiger partial charge in [-0.25, -0.2) is 4.98 Å². The minimum Gasteiger partial charge on any atom is -0.457 e. The second-order valence-corrected chi connectivity index (χ2v) is 14.4. The SMILES string of the molecule is [2H]c1c([2H])c([2H])c([N+]2=C=[N+](c3cc(Oc4ccc5c6ccncc6n(-c6cc(C(C)(C)C)ccn6)c5c4)cc(C(C)(C)C)c3)c3ccccc32)c([2H])c1[2H]. The maximum Gasteiger partial charge on any atom is 0.503 e. The monoisotopic (exact) mass is 646 g/mol. The molecule has 0 spiro atoms. The molecule has 0 N–H and O–H groups in total. The molecule has 0 amide bonds. The quantitative estimate of drug-likeness (QED) is 0.175. The summed E-state index contributed by atoms with van der Waals surface area (Å²) in [6.45, 7) is 13.0. The molecule has 0 bridgehead atoms. The van der Waals surface area contributed by atoms with Crippen LogP contribution < -0.4 is 13.9 Å². The molecule has 3 aromatic heterocycles. The molecular weight excluding hydrogens is 603 g/mol. The number of para-hydroxylation sites is 3. The molecule has 1 aliphatic rings. The Balaban J connectivity index is 1.29. The van der Waals surface area contributed by atoms with Gasteiger partial charge in [-0.15, -0.1) is 0 Å². The van der Waals surface area contributed by atoms with Crippen LogP contribution >= 0.6 is 0 Å². The third kappa shape index (κ3) is 5.50. The molecule has 49 heavy (non-hydrogen) atoms. The standard InChI is InChI=1S/C43H39N5O/c1-42(2,3)29-18-21-45-41(24-29)48-39-26-33(16-17-35(39)36-19-20-44-27-40(36)48)49-34-23-30(43(4,5)6)22-32(25-34)47-28-46(31-12-8-7-9-13-31)37-14-10-11-15-38(37)47/h7-27H,1-6H3/q+2/i7D,8D,9D,12D,13D. The van der Waals surface area contributed by atoms with Crippen molar-refractivity contribution < 1.29 is 11.6 Å². The Kier molecular flexibility index (Phi) is 5.87. The summed E-state index contributed by atoms with van der Waals surface area (Å²) in [5.41, 5.74) is 5.90. The number of ether oxygens (including phenoxy) is 1. The fraction of sp³-hybridized carbons (Fsp3) is 0.186. The second-order valence-electron chi connectivity index (χ2n) is 14.4. The van der Waals surface area contributed by atoms with Gasteiger partial charge in [0.2, 0.25) is 11.4 Å². The summed E-state index contributed by atoms with van der Waals surface area (Å²) in [7, 11) is 0. The Hall–Kier alpha value is -5.84. The van der Waals surface area contributed by atoms with E-state index in [1.54, 1.807) is 10.8 Å². The zero-order chi connectivity index (χ0) is 38.3. The number of hydrogen-bond acceptors (Lipinski definition) is 3. The highest BCUT2D eigenvalue weighted by Gasteiger charge is 2.36. The molecule has 6 heteroatoms. The highest BCUT2D eigenvalue weighted by molar-refractivity contribution is 6.09. The highest BCUT2D eigenvalue weighted by atomic mass is 16.5. The van der Waals surface area contributed by atoms with Crippen molar-refractivity contribution in [1.82, 2.24) is 23.7 Å². The van der Waals surface area contributed by atoms with Gasteiger partial charge in [0, 0.05) is 59.5 Å². The van der Waals surface area contributed by atoms with Gasteiger partial charge >= 0.3 is 6.01 Å². The highest BCUT2D eigenvalue weighted by Crippen LogP contribution is 2.40. The van der Waals surface area contributed by atoms with Crippen LogP contribution in [0.2, 0.25) is 0 Å². The number of nitrogens with zero attached hydrogens (tertiary/aromatic N) is 5. The van der Waals surface area contributed by atoms with Crippen molar-refractivity contribution in [3.05, 3.63) is 139 Å². The summed E-state index contributed by atoms with van der Waals surface area (Å²) in [6, 6.07) is 27.3. The molecule has 0 fully saturated rings. The van der Waals surface area contributed by atoms with Crippen molar-refractivity contribution in [2.45, 2.75) is 52.4 Å². The molecule has 0 saturated heterocycles. The van der Waals surface area contributed by atoms with Crippen molar-refractivity contribution in [2.24, 2.45) is 0 Å². The first kappa shape index (κ1) is 25.2. The van der Waals surface area contributed by atoms with Crippen LogP contribution in [0.1, 0.15) is 59.5 Å². The van der Waals surface area contributed by atoms with E-state index in [9.17, 15) is 0 Å².